The van der Waals surface area contributed by atoms with Gasteiger partial charge in [0.2, 0.25) is 0 Å². The molecule has 0 aliphatic rings. The zero-order valence-corrected chi connectivity index (χ0v) is 29.3. The van der Waals surface area contributed by atoms with Gasteiger partial charge in [0.05, 0.1) is 5.69 Å². The molecule has 0 amide bonds. The molecule has 1 heteroatoms. The second-order valence-corrected chi connectivity index (χ2v) is 13.4. The van der Waals surface area contributed by atoms with Gasteiger partial charge in [-0.05, 0) is 103 Å². The maximum absolute atomic E-state index is 2.39. The molecule has 0 radical (unpaired) electrons. The van der Waals surface area contributed by atoms with E-state index in [0.717, 1.165) is 17.1 Å². The Bertz CT molecular complexity index is 2640. The van der Waals surface area contributed by atoms with Crippen LogP contribution in [0.25, 0.3) is 66.4 Å². The molecule has 9 aromatic carbocycles. The average molecular weight is 676 g/mol. The van der Waals surface area contributed by atoms with Gasteiger partial charge in [0.25, 0.3) is 0 Å². The van der Waals surface area contributed by atoms with Crippen molar-refractivity contribution in [3.8, 4) is 55.6 Å². The van der Waals surface area contributed by atoms with E-state index in [2.05, 4.69) is 229 Å². The van der Waals surface area contributed by atoms with Gasteiger partial charge in [-0.1, -0.05) is 182 Å². The van der Waals surface area contributed by atoms with Gasteiger partial charge in [-0.2, -0.15) is 0 Å². The molecule has 0 aliphatic heterocycles. The number of benzene rings is 9. The van der Waals surface area contributed by atoms with Gasteiger partial charge in [0.1, 0.15) is 0 Å². The van der Waals surface area contributed by atoms with Crippen LogP contribution >= 0.6 is 0 Å². The van der Waals surface area contributed by atoms with Crippen LogP contribution in [0.2, 0.25) is 0 Å². The number of nitrogens with zero attached hydrogens (tertiary/aromatic N) is 1. The highest BCUT2D eigenvalue weighted by Crippen LogP contribution is 2.42. The van der Waals surface area contributed by atoms with Crippen molar-refractivity contribution in [3.63, 3.8) is 0 Å². The van der Waals surface area contributed by atoms with E-state index in [1.165, 1.54) is 66.4 Å². The van der Waals surface area contributed by atoms with Gasteiger partial charge in [-0.15, -0.1) is 0 Å². The van der Waals surface area contributed by atoms with Crippen molar-refractivity contribution in [3.05, 3.63) is 224 Å². The molecule has 0 fully saturated rings. The fourth-order valence-corrected chi connectivity index (χ4v) is 7.32. The van der Waals surface area contributed by atoms with Crippen LogP contribution in [0.5, 0.6) is 0 Å². The maximum atomic E-state index is 2.39. The van der Waals surface area contributed by atoms with Gasteiger partial charge in [0, 0.05) is 16.9 Å². The lowest BCUT2D eigenvalue weighted by Gasteiger charge is -2.28. The van der Waals surface area contributed by atoms with Crippen LogP contribution in [-0.2, 0) is 0 Å². The van der Waals surface area contributed by atoms with Crippen molar-refractivity contribution in [2.75, 3.05) is 4.90 Å². The summed E-state index contributed by atoms with van der Waals surface area (Å²) in [7, 11) is 0. The van der Waals surface area contributed by atoms with Crippen LogP contribution in [-0.4, -0.2) is 0 Å². The van der Waals surface area contributed by atoms with E-state index in [4.69, 9.17) is 0 Å². The first-order chi connectivity index (χ1) is 26.3. The van der Waals surface area contributed by atoms with E-state index in [9.17, 15) is 0 Å². The van der Waals surface area contributed by atoms with Crippen molar-refractivity contribution < 1.29 is 0 Å². The average Bonchev–Trinajstić information content (AvgIpc) is 3.25. The van der Waals surface area contributed by atoms with Crippen molar-refractivity contribution in [1.82, 2.24) is 0 Å². The van der Waals surface area contributed by atoms with E-state index in [1.807, 2.05) is 0 Å². The SMILES string of the molecule is c1ccc(-c2ccc(-c3cccc(N(c4ccc(-c5cccc(-c6ccc7ccccc7c6)c5)cc4)c4ccccc4-c4ccccc4)c3)cc2)cc1. The Morgan fingerprint density at radius 1 is 0.226 bits per heavy atom. The van der Waals surface area contributed by atoms with Crippen LogP contribution in [0.1, 0.15) is 0 Å². The minimum atomic E-state index is 1.10. The summed E-state index contributed by atoms with van der Waals surface area (Å²) in [5.41, 5.74) is 15.3. The third-order valence-electron chi connectivity index (χ3n) is 10.1. The van der Waals surface area contributed by atoms with Gasteiger partial charge in [-0.25, -0.2) is 0 Å². The molecule has 250 valence electrons. The Labute approximate surface area is 311 Å². The molecule has 0 heterocycles. The topological polar surface area (TPSA) is 3.24 Å². The molecule has 9 rings (SSSR count). The molecule has 0 unspecified atom stereocenters. The highest BCUT2D eigenvalue weighted by atomic mass is 15.1. The molecule has 0 aromatic heterocycles. The van der Waals surface area contributed by atoms with Crippen LogP contribution in [0.15, 0.2) is 224 Å². The molecule has 0 atom stereocenters. The van der Waals surface area contributed by atoms with E-state index >= 15 is 0 Å². The van der Waals surface area contributed by atoms with Gasteiger partial charge in [-0.3, -0.25) is 0 Å². The lowest BCUT2D eigenvalue weighted by atomic mass is 9.97. The van der Waals surface area contributed by atoms with Crippen molar-refractivity contribution >= 4 is 27.8 Å². The Balaban J connectivity index is 1.10. The third-order valence-corrected chi connectivity index (χ3v) is 10.1. The molecular weight excluding hydrogens is 639 g/mol. The normalized spacial score (nSPS) is 11.0. The zero-order chi connectivity index (χ0) is 35.4. The van der Waals surface area contributed by atoms with E-state index in [1.54, 1.807) is 0 Å². The molecule has 9 aromatic rings. The van der Waals surface area contributed by atoms with Crippen molar-refractivity contribution in [2.45, 2.75) is 0 Å². The standard InChI is InChI=1S/C52H37N/c1-3-13-38(14-4-1)40-25-27-41(28-26-40)47-21-12-22-50(37-47)53(52-24-10-9-23-51(52)43-16-5-2-6-17-43)49-33-31-42(32-34-49)45-19-11-20-46(35-45)48-30-29-39-15-7-8-18-44(39)36-48/h1-37H. The quantitative estimate of drug-likeness (QED) is 0.155. The molecule has 0 bridgehead atoms. The van der Waals surface area contributed by atoms with E-state index < -0.39 is 0 Å². The molecule has 0 aliphatic carbocycles. The number of rotatable bonds is 8. The molecule has 0 saturated heterocycles. The lowest BCUT2D eigenvalue weighted by molar-refractivity contribution is 1.28. The van der Waals surface area contributed by atoms with Gasteiger partial charge < -0.3 is 4.90 Å². The molecule has 1 nitrogen and oxygen atoms in total. The summed E-state index contributed by atoms with van der Waals surface area (Å²) in [4.78, 5) is 2.39. The fraction of sp³-hybridized carbons (Fsp3) is 0. The monoisotopic (exact) mass is 675 g/mol. The second-order valence-electron chi connectivity index (χ2n) is 13.4. The number of hydrogen-bond acceptors (Lipinski definition) is 1. The molecule has 0 saturated carbocycles. The summed E-state index contributed by atoms with van der Waals surface area (Å²) in [5.74, 6) is 0. The molecular formula is C52H37N. The number of para-hydroxylation sites is 1. The summed E-state index contributed by atoms with van der Waals surface area (Å²) in [6.45, 7) is 0. The van der Waals surface area contributed by atoms with E-state index in [0.29, 0.717) is 0 Å². The summed E-state index contributed by atoms with van der Waals surface area (Å²) >= 11 is 0. The highest BCUT2D eigenvalue weighted by Gasteiger charge is 2.18. The number of hydrogen-bond donors (Lipinski definition) is 0. The zero-order valence-electron chi connectivity index (χ0n) is 29.3. The van der Waals surface area contributed by atoms with Crippen molar-refractivity contribution in [2.24, 2.45) is 0 Å². The summed E-state index contributed by atoms with van der Waals surface area (Å²) in [5, 5.41) is 2.51. The van der Waals surface area contributed by atoms with Crippen LogP contribution in [0, 0.1) is 0 Å². The van der Waals surface area contributed by atoms with Gasteiger partial charge >= 0.3 is 0 Å². The fourth-order valence-electron chi connectivity index (χ4n) is 7.32. The Kier molecular flexibility index (Phi) is 8.66. The molecule has 0 spiro atoms. The number of anilines is 3. The summed E-state index contributed by atoms with van der Waals surface area (Å²) in [6.07, 6.45) is 0. The Morgan fingerprint density at radius 2 is 0.679 bits per heavy atom. The first-order valence-electron chi connectivity index (χ1n) is 18.2. The number of fused-ring (bicyclic) bond motifs is 1. The van der Waals surface area contributed by atoms with Gasteiger partial charge in [0.15, 0.2) is 0 Å². The maximum Gasteiger partial charge on any atom is 0.0540 e. The molecule has 0 N–H and O–H groups in total. The van der Waals surface area contributed by atoms with E-state index in [-0.39, 0.29) is 0 Å². The predicted molar refractivity (Wildman–Crippen MR) is 226 cm³/mol. The van der Waals surface area contributed by atoms with Crippen LogP contribution in [0.4, 0.5) is 17.1 Å². The smallest absolute Gasteiger partial charge is 0.0540 e. The minimum absolute atomic E-state index is 1.10. The minimum Gasteiger partial charge on any atom is -0.310 e. The largest absolute Gasteiger partial charge is 0.310 e. The predicted octanol–water partition coefficient (Wildman–Crippen LogP) is 14.6. The van der Waals surface area contributed by atoms with Crippen LogP contribution in [0.3, 0.4) is 0 Å². The first-order valence-corrected chi connectivity index (χ1v) is 18.2. The Hall–Kier alpha value is -6.96. The summed E-state index contributed by atoms with van der Waals surface area (Å²) in [6, 6.07) is 80.8. The third kappa shape index (κ3) is 6.65. The first kappa shape index (κ1) is 32.0. The second kappa shape index (κ2) is 14.3. The highest BCUT2D eigenvalue weighted by molar-refractivity contribution is 5.90. The van der Waals surface area contributed by atoms with Crippen molar-refractivity contribution in [1.29, 1.82) is 0 Å². The van der Waals surface area contributed by atoms with Crippen LogP contribution < -0.4 is 4.90 Å². The molecule has 53 heavy (non-hydrogen) atoms. The summed E-state index contributed by atoms with van der Waals surface area (Å²) < 4.78 is 0. The Morgan fingerprint density at radius 3 is 1.40 bits per heavy atom. The lowest BCUT2D eigenvalue weighted by Crippen LogP contribution is -2.11.